The first-order chi connectivity index (χ1) is 13.7. The Bertz CT molecular complexity index is 949. The second-order valence-corrected chi connectivity index (χ2v) is 7.26. The van der Waals surface area contributed by atoms with E-state index in [1.54, 1.807) is 6.07 Å². The molecule has 4 rings (SSSR count). The maximum absolute atomic E-state index is 12.4. The summed E-state index contributed by atoms with van der Waals surface area (Å²) in [7, 11) is 0. The van der Waals surface area contributed by atoms with Crippen LogP contribution in [0.3, 0.4) is 0 Å². The monoisotopic (exact) mass is 396 g/mol. The molecule has 0 spiro atoms. The zero-order valence-corrected chi connectivity index (χ0v) is 16.2. The molecule has 2 aromatic carbocycles. The summed E-state index contributed by atoms with van der Waals surface area (Å²) in [5, 5.41) is 7.29. The zero-order chi connectivity index (χ0) is 19.3. The number of halogens is 1. The van der Waals surface area contributed by atoms with Gasteiger partial charge < -0.3 is 9.84 Å². The van der Waals surface area contributed by atoms with Crippen molar-refractivity contribution in [2.24, 2.45) is 0 Å². The molecule has 7 heteroatoms. The third kappa shape index (κ3) is 4.40. The molecule has 3 aromatic rings. The van der Waals surface area contributed by atoms with Crippen LogP contribution in [0, 0.1) is 0 Å². The van der Waals surface area contributed by atoms with Gasteiger partial charge in [-0.05, 0) is 55.8 Å². The lowest BCUT2D eigenvalue weighted by Crippen LogP contribution is -2.23. The zero-order valence-electron chi connectivity index (χ0n) is 15.4. The van der Waals surface area contributed by atoms with Crippen LogP contribution in [0.25, 0.3) is 11.4 Å². The number of aromatic nitrogens is 2. The van der Waals surface area contributed by atoms with Gasteiger partial charge in [-0.3, -0.25) is 9.69 Å². The standard InChI is InChI=1S/C21H21ClN4O2/c22-18-6-2-1-5-17(18)20-24-19(28-25-20)13-23-21(27)16-9-7-15(8-10-16)14-26-11-3-4-12-26/h1-2,5-10H,3-4,11-14H2,(H,23,27). The lowest BCUT2D eigenvalue weighted by Gasteiger charge is -2.14. The lowest BCUT2D eigenvalue weighted by molar-refractivity contribution is 0.0946. The number of carbonyl (C=O) groups excluding carboxylic acids is 1. The number of rotatable bonds is 6. The summed E-state index contributed by atoms with van der Waals surface area (Å²) in [5.74, 6) is 0.556. The molecule has 1 aliphatic rings. The summed E-state index contributed by atoms with van der Waals surface area (Å²) in [5.41, 5.74) is 2.52. The van der Waals surface area contributed by atoms with E-state index in [1.807, 2.05) is 42.5 Å². The van der Waals surface area contributed by atoms with E-state index >= 15 is 0 Å². The summed E-state index contributed by atoms with van der Waals surface area (Å²) in [6.45, 7) is 3.41. The fourth-order valence-corrected chi connectivity index (χ4v) is 3.52. The molecule has 144 valence electrons. The summed E-state index contributed by atoms with van der Waals surface area (Å²) in [6, 6.07) is 15.0. The number of nitrogens with one attached hydrogen (secondary N) is 1. The quantitative estimate of drug-likeness (QED) is 0.683. The van der Waals surface area contributed by atoms with E-state index in [-0.39, 0.29) is 12.5 Å². The first kappa shape index (κ1) is 18.7. The van der Waals surface area contributed by atoms with Crippen LogP contribution in [0.5, 0.6) is 0 Å². The molecule has 1 saturated heterocycles. The summed E-state index contributed by atoms with van der Waals surface area (Å²) in [4.78, 5) is 19.1. The van der Waals surface area contributed by atoms with Gasteiger partial charge in [0.1, 0.15) is 0 Å². The van der Waals surface area contributed by atoms with Crippen LogP contribution in [0.4, 0.5) is 0 Å². The molecular weight excluding hydrogens is 376 g/mol. The Labute approximate surface area is 168 Å². The van der Waals surface area contributed by atoms with Crippen molar-refractivity contribution in [2.45, 2.75) is 25.9 Å². The van der Waals surface area contributed by atoms with Crippen LogP contribution < -0.4 is 5.32 Å². The molecule has 6 nitrogen and oxygen atoms in total. The number of hydrogen-bond acceptors (Lipinski definition) is 5. The minimum Gasteiger partial charge on any atom is -0.343 e. The highest BCUT2D eigenvalue weighted by atomic mass is 35.5. The molecule has 0 saturated carbocycles. The van der Waals surface area contributed by atoms with Crippen LogP contribution >= 0.6 is 11.6 Å². The van der Waals surface area contributed by atoms with Crippen LogP contribution in [0.2, 0.25) is 5.02 Å². The number of nitrogens with zero attached hydrogens (tertiary/aromatic N) is 3. The Kier molecular flexibility index (Phi) is 5.69. The average molecular weight is 397 g/mol. The lowest BCUT2D eigenvalue weighted by atomic mass is 10.1. The molecule has 28 heavy (non-hydrogen) atoms. The molecule has 1 aromatic heterocycles. The molecule has 0 bridgehead atoms. The molecule has 1 aliphatic heterocycles. The van der Waals surface area contributed by atoms with E-state index < -0.39 is 0 Å². The van der Waals surface area contributed by atoms with Crippen molar-refractivity contribution in [3.05, 3.63) is 70.6 Å². The van der Waals surface area contributed by atoms with Crippen LogP contribution in [0.1, 0.15) is 34.7 Å². The highest BCUT2D eigenvalue weighted by Gasteiger charge is 2.14. The van der Waals surface area contributed by atoms with E-state index in [0.717, 1.165) is 19.6 Å². The smallest absolute Gasteiger partial charge is 0.251 e. The van der Waals surface area contributed by atoms with E-state index in [1.165, 1.54) is 18.4 Å². The van der Waals surface area contributed by atoms with Crippen molar-refractivity contribution >= 4 is 17.5 Å². The fraction of sp³-hybridized carbons (Fsp3) is 0.286. The third-order valence-electron chi connectivity index (χ3n) is 4.80. The summed E-state index contributed by atoms with van der Waals surface area (Å²) < 4.78 is 5.21. The van der Waals surface area contributed by atoms with Crippen molar-refractivity contribution < 1.29 is 9.32 Å². The van der Waals surface area contributed by atoms with Crippen molar-refractivity contribution in [3.8, 4) is 11.4 Å². The van der Waals surface area contributed by atoms with Gasteiger partial charge in [0.05, 0.1) is 11.6 Å². The largest absolute Gasteiger partial charge is 0.343 e. The predicted octanol–water partition coefficient (Wildman–Crippen LogP) is 3.92. The molecule has 1 amide bonds. The van der Waals surface area contributed by atoms with Crippen molar-refractivity contribution in [1.29, 1.82) is 0 Å². The van der Waals surface area contributed by atoms with Gasteiger partial charge in [0.25, 0.3) is 5.91 Å². The van der Waals surface area contributed by atoms with Crippen LogP contribution in [0.15, 0.2) is 53.1 Å². The molecule has 2 heterocycles. The highest BCUT2D eigenvalue weighted by Crippen LogP contribution is 2.24. The van der Waals surface area contributed by atoms with Gasteiger partial charge in [-0.1, -0.05) is 41.0 Å². The Morgan fingerprint density at radius 1 is 1.11 bits per heavy atom. The molecule has 0 aliphatic carbocycles. The molecule has 0 atom stereocenters. The molecular formula is C21H21ClN4O2. The van der Waals surface area contributed by atoms with Crippen LogP contribution in [-0.2, 0) is 13.1 Å². The SMILES string of the molecule is O=C(NCc1nc(-c2ccccc2Cl)no1)c1ccc(CN2CCCC2)cc1. The van der Waals surface area contributed by atoms with Gasteiger partial charge in [-0.25, -0.2) is 0 Å². The van der Waals surface area contributed by atoms with Gasteiger partial charge in [-0.2, -0.15) is 4.98 Å². The first-order valence-corrected chi connectivity index (χ1v) is 9.74. The summed E-state index contributed by atoms with van der Waals surface area (Å²) in [6.07, 6.45) is 2.54. The molecule has 0 unspecified atom stereocenters. The summed E-state index contributed by atoms with van der Waals surface area (Å²) >= 11 is 6.15. The Morgan fingerprint density at radius 3 is 2.61 bits per heavy atom. The van der Waals surface area contributed by atoms with Gasteiger partial charge in [0, 0.05) is 17.7 Å². The van der Waals surface area contributed by atoms with Gasteiger partial charge in [-0.15, -0.1) is 0 Å². The van der Waals surface area contributed by atoms with Gasteiger partial charge >= 0.3 is 0 Å². The van der Waals surface area contributed by atoms with Crippen molar-refractivity contribution in [3.63, 3.8) is 0 Å². The molecule has 1 fully saturated rings. The number of amides is 1. The van der Waals surface area contributed by atoms with Crippen molar-refractivity contribution in [2.75, 3.05) is 13.1 Å². The maximum Gasteiger partial charge on any atom is 0.251 e. The molecule has 0 radical (unpaired) electrons. The van der Waals surface area contributed by atoms with E-state index in [2.05, 4.69) is 20.4 Å². The van der Waals surface area contributed by atoms with E-state index in [0.29, 0.717) is 27.9 Å². The third-order valence-corrected chi connectivity index (χ3v) is 5.13. The fourth-order valence-electron chi connectivity index (χ4n) is 3.30. The molecule has 1 N–H and O–H groups in total. The predicted molar refractivity (Wildman–Crippen MR) is 107 cm³/mol. The minimum absolute atomic E-state index is 0.159. The number of likely N-dealkylation sites (tertiary alicyclic amines) is 1. The Morgan fingerprint density at radius 2 is 1.86 bits per heavy atom. The second-order valence-electron chi connectivity index (χ2n) is 6.85. The van der Waals surface area contributed by atoms with E-state index in [4.69, 9.17) is 16.1 Å². The van der Waals surface area contributed by atoms with Crippen molar-refractivity contribution in [1.82, 2.24) is 20.4 Å². The average Bonchev–Trinajstić information content (AvgIpc) is 3.39. The number of benzene rings is 2. The Hall–Kier alpha value is -2.70. The van der Waals surface area contributed by atoms with E-state index in [9.17, 15) is 4.79 Å². The maximum atomic E-state index is 12.4. The first-order valence-electron chi connectivity index (χ1n) is 9.36. The van der Waals surface area contributed by atoms with Crippen LogP contribution in [-0.4, -0.2) is 34.0 Å². The minimum atomic E-state index is -0.176. The van der Waals surface area contributed by atoms with Gasteiger partial charge in [0.2, 0.25) is 11.7 Å². The van der Waals surface area contributed by atoms with Gasteiger partial charge in [0.15, 0.2) is 0 Å². The normalized spacial score (nSPS) is 14.3. The second kappa shape index (κ2) is 8.54. The topological polar surface area (TPSA) is 71.3 Å². The number of hydrogen-bond donors (Lipinski definition) is 1. The number of carbonyl (C=O) groups is 1. The Balaban J connectivity index is 1.33. The highest BCUT2D eigenvalue weighted by molar-refractivity contribution is 6.33.